The molecule has 0 radical (unpaired) electrons. The Labute approximate surface area is 261 Å². The summed E-state index contributed by atoms with van der Waals surface area (Å²) >= 11 is 11.0. The lowest BCUT2D eigenvalue weighted by atomic mass is 9.80. The first-order valence-corrected chi connectivity index (χ1v) is 15.2. The molecule has 4 aromatic rings. The highest BCUT2D eigenvalue weighted by molar-refractivity contribution is 7.81. The van der Waals surface area contributed by atoms with Gasteiger partial charge in [0.2, 0.25) is 11.9 Å². The fourth-order valence-electron chi connectivity index (χ4n) is 5.65. The maximum absolute atomic E-state index is 13.1. The Morgan fingerprint density at radius 3 is 2.77 bits per heavy atom. The molecule has 0 spiro atoms. The summed E-state index contributed by atoms with van der Waals surface area (Å²) in [4.78, 5) is 44.2. The van der Waals surface area contributed by atoms with E-state index in [0.717, 1.165) is 35.7 Å². The Morgan fingerprint density at radius 1 is 1.19 bits per heavy atom. The van der Waals surface area contributed by atoms with Crippen LogP contribution >= 0.6 is 24.2 Å². The number of H-pyrrole nitrogens is 1. The standard InChI is InChI=1S/C31H37ClN8O2S/c1-31(39-29(42)26-11-10-20(15-33-26)36-27(41)13-21(43)18-40(2)3)12-6-7-19(14-31)37-30-35-17-24(32)28(38-30)23-16-34-25-9-5-4-8-22(23)25/h4-5,8-11,15-17,19,21,34,43H,6-7,12-14,18H2,1-3H3,(H,36,41)(H,39,42)(H,35,37,38)/t19-,21+,31+/m1/s1. The van der Waals surface area contributed by atoms with Gasteiger partial charge in [-0.1, -0.05) is 29.8 Å². The van der Waals surface area contributed by atoms with Crippen molar-refractivity contribution in [3.63, 3.8) is 0 Å². The monoisotopic (exact) mass is 620 g/mol. The molecule has 3 aromatic heterocycles. The van der Waals surface area contributed by atoms with Crippen LogP contribution in [0.4, 0.5) is 11.6 Å². The molecule has 0 aliphatic heterocycles. The van der Waals surface area contributed by atoms with Crippen molar-refractivity contribution in [1.82, 2.24) is 30.2 Å². The zero-order valence-electron chi connectivity index (χ0n) is 24.5. The summed E-state index contributed by atoms with van der Waals surface area (Å²) < 4.78 is 0. The van der Waals surface area contributed by atoms with Crippen LogP contribution in [0.1, 0.15) is 49.5 Å². The number of thiol groups is 1. The van der Waals surface area contributed by atoms with E-state index >= 15 is 0 Å². The van der Waals surface area contributed by atoms with Crippen LogP contribution in [0, 0.1) is 0 Å². The van der Waals surface area contributed by atoms with E-state index in [4.69, 9.17) is 16.6 Å². The van der Waals surface area contributed by atoms with Crippen molar-refractivity contribution in [3.05, 3.63) is 65.7 Å². The van der Waals surface area contributed by atoms with Crippen molar-refractivity contribution in [2.24, 2.45) is 0 Å². The molecule has 2 amide bonds. The molecule has 1 aromatic carbocycles. The van der Waals surface area contributed by atoms with Gasteiger partial charge < -0.3 is 25.8 Å². The number of hydrogen-bond acceptors (Lipinski definition) is 8. The topological polar surface area (TPSA) is 128 Å². The Morgan fingerprint density at radius 2 is 2.00 bits per heavy atom. The molecular formula is C31H37ClN8O2S. The molecule has 0 bridgehead atoms. The number of para-hydroxylation sites is 1. The van der Waals surface area contributed by atoms with Gasteiger partial charge in [0.25, 0.3) is 5.91 Å². The molecule has 4 N–H and O–H groups in total. The SMILES string of the molecule is CN(C)C[C@@H](S)CC(=O)Nc1ccc(C(=O)N[C@@]2(C)CCC[C@@H](Nc3ncc(Cl)c(-c4c[nH]c5ccccc45)n3)C2)nc1. The van der Waals surface area contributed by atoms with Crippen LogP contribution in [0.3, 0.4) is 0 Å². The van der Waals surface area contributed by atoms with Crippen molar-refractivity contribution < 1.29 is 9.59 Å². The molecule has 0 saturated heterocycles. The Hall–Kier alpha value is -3.67. The minimum atomic E-state index is -0.443. The van der Waals surface area contributed by atoms with E-state index in [1.807, 2.05) is 49.5 Å². The van der Waals surface area contributed by atoms with E-state index in [-0.39, 0.29) is 29.5 Å². The van der Waals surface area contributed by atoms with Crippen LogP contribution in [0.5, 0.6) is 0 Å². The predicted molar refractivity (Wildman–Crippen MR) is 175 cm³/mol. The third-order valence-corrected chi connectivity index (χ3v) is 8.21. The van der Waals surface area contributed by atoms with E-state index in [1.54, 1.807) is 18.3 Å². The van der Waals surface area contributed by atoms with Gasteiger partial charge in [-0.05, 0) is 64.9 Å². The Bertz CT molecular complexity index is 1590. The van der Waals surface area contributed by atoms with E-state index in [1.165, 1.54) is 6.20 Å². The zero-order valence-corrected chi connectivity index (χ0v) is 26.2. The molecule has 3 heterocycles. The number of nitrogens with zero attached hydrogens (tertiary/aromatic N) is 4. The fourth-order valence-corrected chi connectivity index (χ4v) is 6.34. The van der Waals surface area contributed by atoms with Gasteiger partial charge in [-0.2, -0.15) is 12.6 Å². The summed E-state index contributed by atoms with van der Waals surface area (Å²) in [5.74, 6) is 0.0923. The van der Waals surface area contributed by atoms with E-state index < -0.39 is 5.54 Å². The average Bonchev–Trinajstić information content (AvgIpc) is 3.38. The molecule has 1 fully saturated rings. The van der Waals surface area contributed by atoms with E-state index in [2.05, 4.69) is 50.5 Å². The minimum absolute atomic E-state index is 0.0599. The smallest absolute Gasteiger partial charge is 0.270 e. The van der Waals surface area contributed by atoms with Crippen molar-refractivity contribution in [2.75, 3.05) is 31.3 Å². The highest BCUT2D eigenvalue weighted by Crippen LogP contribution is 2.34. The molecule has 12 heteroatoms. The number of fused-ring (bicyclic) bond motifs is 1. The van der Waals surface area contributed by atoms with Crippen LogP contribution in [0.15, 0.2) is 55.0 Å². The van der Waals surface area contributed by atoms with Gasteiger partial charge in [0.05, 0.1) is 28.8 Å². The number of amides is 2. The van der Waals surface area contributed by atoms with Crippen LogP contribution in [0.2, 0.25) is 5.02 Å². The van der Waals surface area contributed by atoms with Crippen molar-refractivity contribution in [2.45, 2.75) is 55.9 Å². The molecule has 1 aliphatic carbocycles. The number of aromatic amines is 1. The second-order valence-electron chi connectivity index (χ2n) is 11.7. The van der Waals surface area contributed by atoms with Gasteiger partial charge in [0.15, 0.2) is 0 Å². The minimum Gasteiger partial charge on any atom is -0.360 e. The molecule has 3 atom stereocenters. The van der Waals surface area contributed by atoms with Crippen LogP contribution in [-0.4, -0.2) is 74.1 Å². The molecule has 0 unspecified atom stereocenters. The lowest BCUT2D eigenvalue weighted by Gasteiger charge is -2.39. The number of halogens is 1. The average molecular weight is 621 g/mol. The van der Waals surface area contributed by atoms with Crippen molar-refractivity contribution in [1.29, 1.82) is 0 Å². The maximum atomic E-state index is 13.1. The van der Waals surface area contributed by atoms with Crippen LogP contribution in [-0.2, 0) is 4.79 Å². The lowest BCUT2D eigenvalue weighted by molar-refractivity contribution is -0.116. The largest absolute Gasteiger partial charge is 0.360 e. The summed E-state index contributed by atoms with van der Waals surface area (Å²) in [6.45, 7) is 2.75. The number of carbonyl (C=O) groups is 2. The third kappa shape index (κ3) is 7.84. The summed E-state index contributed by atoms with van der Waals surface area (Å²) in [6, 6.07) is 11.4. The predicted octanol–water partition coefficient (Wildman–Crippen LogP) is 5.41. The summed E-state index contributed by atoms with van der Waals surface area (Å²) in [5, 5.41) is 10.9. The summed E-state index contributed by atoms with van der Waals surface area (Å²) in [5.41, 5.74) is 2.97. The number of anilines is 2. The number of benzene rings is 1. The number of pyridine rings is 1. The Kier molecular flexibility index (Phi) is 9.53. The fraction of sp³-hybridized carbons (Fsp3) is 0.387. The van der Waals surface area contributed by atoms with Gasteiger partial charge in [0.1, 0.15) is 5.69 Å². The molecule has 43 heavy (non-hydrogen) atoms. The number of rotatable bonds is 10. The zero-order chi connectivity index (χ0) is 30.6. The molecule has 1 saturated carbocycles. The summed E-state index contributed by atoms with van der Waals surface area (Å²) in [7, 11) is 3.88. The molecule has 1 aliphatic rings. The molecular weight excluding hydrogens is 584 g/mol. The molecule has 226 valence electrons. The van der Waals surface area contributed by atoms with Gasteiger partial charge in [-0.15, -0.1) is 0 Å². The van der Waals surface area contributed by atoms with E-state index in [0.29, 0.717) is 41.0 Å². The molecule has 10 nitrogen and oxygen atoms in total. The van der Waals surface area contributed by atoms with Gasteiger partial charge in [-0.25, -0.2) is 15.0 Å². The normalized spacial score (nSPS) is 19.3. The number of aromatic nitrogens is 4. The number of nitrogens with one attached hydrogen (secondary N) is 4. The van der Waals surface area contributed by atoms with Crippen LogP contribution in [0.25, 0.3) is 22.2 Å². The third-order valence-electron chi connectivity index (χ3n) is 7.59. The number of hydrogen-bond donors (Lipinski definition) is 5. The highest BCUT2D eigenvalue weighted by atomic mass is 35.5. The van der Waals surface area contributed by atoms with E-state index in [9.17, 15) is 9.59 Å². The van der Waals surface area contributed by atoms with Gasteiger partial charge >= 0.3 is 0 Å². The first kappa shape index (κ1) is 30.8. The van der Waals surface area contributed by atoms with Gasteiger partial charge in [0, 0.05) is 52.5 Å². The van der Waals surface area contributed by atoms with Crippen molar-refractivity contribution >= 4 is 58.6 Å². The van der Waals surface area contributed by atoms with Crippen LogP contribution < -0.4 is 16.0 Å². The summed E-state index contributed by atoms with van der Waals surface area (Å²) in [6.07, 6.45) is 8.70. The first-order valence-electron chi connectivity index (χ1n) is 14.4. The second-order valence-corrected chi connectivity index (χ2v) is 12.8. The highest BCUT2D eigenvalue weighted by Gasteiger charge is 2.34. The van der Waals surface area contributed by atoms with Gasteiger partial charge in [-0.3, -0.25) is 9.59 Å². The quantitative estimate of drug-likeness (QED) is 0.150. The second kappa shape index (κ2) is 13.3. The molecule has 5 rings (SSSR count). The number of carbonyl (C=O) groups excluding carboxylic acids is 2. The Balaban J connectivity index is 1.19. The lowest BCUT2D eigenvalue weighted by Crippen LogP contribution is -2.51. The first-order chi connectivity index (χ1) is 20.6. The van der Waals surface area contributed by atoms with Crippen molar-refractivity contribution in [3.8, 4) is 11.3 Å². The maximum Gasteiger partial charge on any atom is 0.270 e.